The first-order valence-electron chi connectivity index (χ1n) is 7.44. The van der Waals surface area contributed by atoms with Gasteiger partial charge in [-0.05, 0) is 58.8 Å². The predicted molar refractivity (Wildman–Crippen MR) is 73.0 cm³/mol. The summed E-state index contributed by atoms with van der Waals surface area (Å²) in [7, 11) is 0. The van der Waals surface area contributed by atoms with Crippen LogP contribution in [0.2, 0.25) is 0 Å². The Bertz CT molecular complexity index is 209. The minimum absolute atomic E-state index is 0.487. The molecule has 0 aliphatic heterocycles. The van der Waals surface area contributed by atoms with Gasteiger partial charge in [0.25, 0.3) is 0 Å². The SMILES string of the molecule is C[C@@H]1CCC[C@H]([NH2+][C@@H](C)CCCC(C)(C)O)C1. The Balaban J connectivity index is 2.13. The second-order valence-corrected chi connectivity index (χ2v) is 6.91. The standard InChI is InChI=1S/C15H31NO/c1-12-7-5-9-14(11-12)16-13(2)8-6-10-15(3,4)17/h12-14,16-17H,5-11H2,1-4H3/p+1/t12-,13+,14+/m1/s1. The number of aliphatic hydroxyl groups is 1. The van der Waals surface area contributed by atoms with E-state index in [4.69, 9.17) is 0 Å². The Morgan fingerprint density at radius 3 is 2.65 bits per heavy atom. The lowest BCUT2D eigenvalue weighted by Gasteiger charge is -2.27. The molecular weight excluding hydrogens is 210 g/mol. The van der Waals surface area contributed by atoms with Gasteiger partial charge < -0.3 is 10.4 Å². The van der Waals surface area contributed by atoms with Gasteiger partial charge in [-0.2, -0.15) is 0 Å². The fourth-order valence-corrected chi connectivity index (χ4v) is 3.07. The molecule has 0 aromatic heterocycles. The second-order valence-electron chi connectivity index (χ2n) is 6.91. The van der Waals surface area contributed by atoms with Gasteiger partial charge in [-0.1, -0.05) is 13.3 Å². The first kappa shape index (κ1) is 15.0. The third kappa shape index (κ3) is 7.05. The summed E-state index contributed by atoms with van der Waals surface area (Å²) in [4.78, 5) is 0. The second kappa shape index (κ2) is 6.75. The summed E-state index contributed by atoms with van der Waals surface area (Å²) in [5, 5.41) is 12.3. The van der Waals surface area contributed by atoms with Crippen molar-refractivity contribution in [2.45, 2.75) is 90.3 Å². The van der Waals surface area contributed by atoms with E-state index < -0.39 is 5.60 Å². The minimum atomic E-state index is -0.487. The highest BCUT2D eigenvalue weighted by atomic mass is 16.3. The molecule has 17 heavy (non-hydrogen) atoms. The molecule has 0 heterocycles. The van der Waals surface area contributed by atoms with Crippen molar-refractivity contribution in [1.29, 1.82) is 0 Å². The molecule has 0 radical (unpaired) electrons. The van der Waals surface area contributed by atoms with Crippen LogP contribution in [0.15, 0.2) is 0 Å². The van der Waals surface area contributed by atoms with E-state index in [0.717, 1.165) is 24.8 Å². The van der Waals surface area contributed by atoms with Crippen molar-refractivity contribution in [1.82, 2.24) is 0 Å². The monoisotopic (exact) mass is 242 g/mol. The molecule has 1 rings (SSSR count). The summed E-state index contributed by atoms with van der Waals surface area (Å²) in [6, 6.07) is 1.57. The fraction of sp³-hybridized carbons (Fsp3) is 1.00. The molecule has 1 aliphatic carbocycles. The van der Waals surface area contributed by atoms with Crippen LogP contribution in [-0.2, 0) is 0 Å². The van der Waals surface area contributed by atoms with Crippen molar-refractivity contribution >= 4 is 0 Å². The summed E-state index contributed by atoms with van der Waals surface area (Å²) in [5.41, 5.74) is -0.487. The van der Waals surface area contributed by atoms with Crippen molar-refractivity contribution in [2.75, 3.05) is 0 Å². The third-order valence-corrected chi connectivity index (χ3v) is 4.03. The first-order chi connectivity index (χ1) is 7.87. The van der Waals surface area contributed by atoms with E-state index in [1.54, 1.807) is 0 Å². The summed E-state index contributed by atoms with van der Waals surface area (Å²) in [6.07, 6.45) is 8.94. The molecule has 1 saturated carbocycles. The maximum absolute atomic E-state index is 9.68. The molecule has 3 N–H and O–H groups in total. The number of rotatable bonds is 6. The molecule has 2 nitrogen and oxygen atoms in total. The smallest absolute Gasteiger partial charge is 0.0863 e. The van der Waals surface area contributed by atoms with Gasteiger partial charge in [-0.25, -0.2) is 0 Å². The lowest BCUT2D eigenvalue weighted by atomic mass is 9.86. The molecule has 102 valence electrons. The van der Waals surface area contributed by atoms with Crippen LogP contribution in [0.25, 0.3) is 0 Å². The van der Waals surface area contributed by atoms with Crippen LogP contribution in [0.1, 0.15) is 72.6 Å². The van der Waals surface area contributed by atoms with Gasteiger partial charge in [0, 0.05) is 6.42 Å². The number of hydrogen-bond donors (Lipinski definition) is 2. The van der Waals surface area contributed by atoms with Gasteiger partial charge in [0.05, 0.1) is 17.7 Å². The highest BCUT2D eigenvalue weighted by Crippen LogP contribution is 2.21. The van der Waals surface area contributed by atoms with Gasteiger partial charge in [0.1, 0.15) is 0 Å². The van der Waals surface area contributed by atoms with Crippen molar-refractivity contribution in [3.05, 3.63) is 0 Å². The zero-order valence-electron chi connectivity index (χ0n) is 12.2. The van der Waals surface area contributed by atoms with Gasteiger partial charge >= 0.3 is 0 Å². The average Bonchev–Trinajstić information content (AvgIpc) is 2.15. The maximum Gasteiger partial charge on any atom is 0.0863 e. The zero-order valence-corrected chi connectivity index (χ0v) is 12.2. The van der Waals surface area contributed by atoms with Crippen molar-refractivity contribution < 1.29 is 10.4 Å². The minimum Gasteiger partial charge on any atom is -0.390 e. The van der Waals surface area contributed by atoms with E-state index in [2.05, 4.69) is 19.2 Å². The summed E-state index contributed by atoms with van der Waals surface area (Å²) in [6.45, 7) is 8.54. The Labute approximate surface area is 107 Å². The third-order valence-electron chi connectivity index (χ3n) is 4.03. The number of quaternary nitrogens is 1. The van der Waals surface area contributed by atoms with E-state index in [9.17, 15) is 5.11 Å². The molecule has 1 fully saturated rings. The van der Waals surface area contributed by atoms with Crippen molar-refractivity contribution in [3.8, 4) is 0 Å². The average molecular weight is 242 g/mol. The van der Waals surface area contributed by atoms with Gasteiger partial charge in [-0.15, -0.1) is 0 Å². The summed E-state index contributed by atoms with van der Waals surface area (Å²) < 4.78 is 0. The van der Waals surface area contributed by atoms with E-state index >= 15 is 0 Å². The van der Waals surface area contributed by atoms with Gasteiger partial charge in [-0.3, -0.25) is 0 Å². The van der Waals surface area contributed by atoms with Crippen LogP contribution >= 0.6 is 0 Å². The number of hydrogen-bond acceptors (Lipinski definition) is 1. The molecule has 0 bridgehead atoms. The molecule has 0 unspecified atom stereocenters. The Hall–Kier alpha value is -0.0800. The van der Waals surface area contributed by atoms with Gasteiger partial charge in [0.15, 0.2) is 0 Å². The molecule has 2 heteroatoms. The number of nitrogens with two attached hydrogens (primary N) is 1. The van der Waals surface area contributed by atoms with Crippen LogP contribution in [0.5, 0.6) is 0 Å². The van der Waals surface area contributed by atoms with Gasteiger partial charge in [0.2, 0.25) is 0 Å². The predicted octanol–water partition coefficient (Wildman–Crippen LogP) is 2.46. The molecular formula is C15H32NO+. The van der Waals surface area contributed by atoms with E-state index in [0.29, 0.717) is 6.04 Å². The molecule has 0 aromatic rings. The molecule has 1 aliphatic rings. The van der Waals surface area contributed by atoms with E-state index in [-0.39, 0.29) is 0 Å². The molecule has 0 saturated heterocycles. The first-order valence-corrected chi connectivity index (χ1v) is 7.44. The molecule has 3 atom stereocenters. The largest absolute Gasteiger partial charge is 0.390 e. The Kier molecular flexibility index (Phi) is 5.94. The van der Waals surface area contributed by atoms with Crippen molar-refractivity contribution in [3.63, 3.8) is 0 Å². The van der Waals surface area contributed by atoms with Crippen LogP contribution in [0, 0.1) is 5.92 Å². The van der Waals surface area contributed by atoms with Crippen LogP contribution < -0.4 is 5.32 Å². The molecule has 0 amide bonds. The normalized spacial score (nSPS) is 28.1. The lowest BCUT2D eigenvalue weighted by molar-refractivity contribution is -0.722. The highest BCUT2D eigenvalue weighted by Gasteiger charge is 2.23. The Morgan fingerprint density at radius 1 is 1.35 bits per heavy atom. The summed E-state index contributed by atoms with van der Waals surface area (Å²) in [5.74, 6) is 0.925. The zero-order chi connectivity index (χ0) is 12.9. The Morgan fingerprint density at radius 2 is 2.06 bits per heavy atom. The van der Waals surface area contributed by atoms with Crippen LogP contribution in [-0.4, -0.2) is 22.8 Å². The summed E-state index contributed by atoms with van der Waals surface area (Å²) >= 11 is 0. The maximum atomic E-state index is 9.68. The van der Waals surface area contributed by atoms with Crippen LogP contribution in [0.4, 0.5) is 0 Å². The van der Waals surface area contributed by atoms with Crippen molar-refractivity contribution in [2.24, 2.45) is 5.92 Å². The molecule has 0 spiro atoms. The topological polar surface area (TPSA) is 36.8 Å². The quantitative estimate of drug-likeness (QED) is 0.737. The van der Waals surface area contributed by atoms with E-state index in [1.807, 2.05) is 13.8 Å². The highest BCUT2D eigenvalue weighted by molar-refractivity contribution is 4.69. The van der Waals surface area contributed by atoms with Crippen LogP contribution in [0.3, 0.4) is 0 Å². The lowest BCUT2D eigenvalue weighted by Crippen LogP contribution is -2.94. The fourth-order valence-electron chi connectivity index (χ4n) is 3.07. The molecule has 0 aromatic carbocycles. The van der Waals surface area contributed by atoms with E-state index in [1.165, 1.54) is 32.1 Å².